The molecule has 0 atom stereocenters. The number of rotatable bonds is 4. The molecular formula is C7H7ClN4S2. The number of aromatic nitrogens is 4. The lowest BCUT2D eigenvalue weighted by Gasteiger charge is -1.87. The number of aryl methyl sites for hydroxylation is 1. The van der Waals surface area contributed by atoms with Crippen molar-refractivity contribution in [3.8, 4) is 9.88 Å². The topological polar surface area (TPSA) is 51.6 Å². The van der Waals surface area contributed by atoms with E-state index in [1.54, 1.807) is 17.5 Å². The predicted molar refractivity (Wildman–Crippen MR) is 57.9 cm³/mol. The van der Waals surface area contributed by atoms with E-state index in [1.165, 1.54) is 11.5 Å². The maximum Gasteiger partial charge on any atom is 0.161 e. The van der Waals surface area contributed by atoms with E-state index in [0.717, 1.165) is 27.7 Å². The van der Waals surface area contributed by atoms with Crippen LogP contribution in [0.15, 0.2) is 6.20 Å². The summed E-state index contributed by atoms with van der Waals surface area (Å²) in [6.07, 6.45) is 3.54. The molecule has 2 aromatic rings. The van der Waals surface area contributed by atoms with Crippen LogP contribution in [0.2, 0.25) is 0 Å². The van der Waals surface area contributed by atoms with E-state index < -0.39 is 0 Å². The number of nitrogens with zero attached hydrogens (tertiary/aromatic N) is 4. The quantitative estimate of drug-likeness (QED) is 0.777. The zero-order valence-electron chi connectivity index (χ0n) is 7.18. The first-order valence-corrected chi connectivity index (χ1v) is 6.18. The second kappa shape index (κ2) is 4.77. The van der Waals surface area contributed by atoms with Gasteiger partial charge in [0.2, 0.25) is 0 Å². The Morgan fingerprint density at radius 2 is 2.29 bits per heavy atom. The van der Waals surface area contributed by atoms with Crippen LogP contribution in [0.25, 0.3) is 9.88 Å². The van der Waals surface area contributed by atoms with E-state index in [4.69, 9.17) is 11.6 Å². The van der Waals surface area contributed by atoms with E-state index in [0.29, 0.717) is 5.88 Å². The van der Waals surface area contributed by atoms with Crippen LogP contribution >= 0.6 is 34.5 Å². The van der Waals surface area contributed by atoms with Gasteiger partial charge in [0, 0.05) is 12.3 Å². The summed E-state index contributed by atoms with van der Waals surface area (Å²) in [5, 5.41) is 13.8. The summed E-state index contributed by atoms with van der Waals surface area (Å²) in [6.45, 7) is 0. The van der Waals surface area contributed by atoms with E-state index in [9.17, 15) is 0 Å². The van der Waals surface area contributed by atoms with Gasteiger partial charge in [0.25, 0.3) is 0 Å². The SMILES string of the molecule is ClCCCc1nnc(-c2cnns2)s1. The maximum atomic E-state index is 5.60. The molecule has 74 valence electrons. The highest BCUT2D eigenvalue weighted by Gasteiger charge is 2.07. The first kappa shape index (κ1) is 9.95. The van der Waals surface area contributed by atoms with Crippen LogP contribution in [0.1, 0.15) is 11.4 Å². The molecule has 2 rings (SSSR count). The van der Waals surface area contributed by atoms with Crippen molar-refractivity contribution in [1.29, 1.82) is 0 Å². The Kier molecular flexibility index (Phi) is 3.39. The minimum Gasteiger partial charge on any atom is -0.146 e. The second-order valence-electron chi connectivity index (χ2n) is 2.58. The van der Waals surface area contributed by atoms with Crippen molar-refractivity contribution in [1.82, 2.24) is 19.8 Å². The van der Waals surface area contributed by atoms with Crippen LogP contribution in [-0.2, 0) is 6.42 Å². The molecule has 0 aliphatic heterocycles. The monoisotopic (exact) mass is 246 g/mol. The fraction of sp³-hybridized carbons (Fsp3) is 0.429. The molecule has 0 aromatic carbocycles. The third-order valence-electron chi connectivity index (χ3n) is 1.56. The largest absolute Gasteiger partial charge is 0.161 e. The summed E-state index contributed by atoms with van der Waals surface area (Å²) >= 11 is 8.51. The summed E-state index contributed by atoms with van der Waals surface area (Å²) in [6, 6.07) is 0. The van der Waals surface area contributed by atoms with Crippen LogP contribution in [0.3, 0.4) is 0 Å². The number of hydrogen-bond donors (Lipinski definition) is 0. The van der Waals surface area contributed by atoms with Gasteiger partial charge >= 0.3 is 0 Å². The minimum atomic E-state index is 0.664. The Hall–Kier alpha value is -0.590. The summed E-state index contributed by atoms with van der Waals surface area (Å²) in [5.41, 5.74) is 0. The number of hydrogen-bond acceptors (Lipinski definition) is 6. The standard InChI is InChI=1S/C7H7ClN4S2/c8-3-1-2-6-10-11-7(13-6)5-4-9-12-14-5/h4H,1-3H2. The van der Waals surface area contributed by atoms with E-state index >= 15 is 0 Å². The van der Waals surface area contributed by atoms with Gasteiger partial charge in [-0.3, -0.25) is 0 Å². The molecule has 0 fully saturated rings. The van der Waals surface area contributed by atoms with Crippen molar-refractivity contribution < 1.29 is 0 Å². The van der Waals surface area contributed by atoms with Crippen molar-refractivity contribution in [3.05, 3.63) is 11.2 Å². The Balaban J connectivity index is 2.10. The molecule has 4 nitrogen and oxygen atoms in total. The summed E-state index contributed by atoms with van der Waals surface area (Å²) in [5.74, 6) is 0.664. The van der Waals surface area contributed by atoms with E-state index in [1.807, 2.05) is 0 Å². The lowest BCUT2D eigenvalue weighted by atomic mass is 10.4. The number of halogens is 1. The van der Waals surface area contributed by atoms with Crippen molar-refractivity contribution in [3.63, 3.8) is 0 Å². The third kappa shape index (κ3) is 2.26. The van der Waals surface area contributed by atoms with Gasteiger partial charge in [-0.2, -0.15) is 0 Å². The minimum absolute atomic E-state index is 0.664. The fourth-order valence-corrected chi connectivity index (χ4v) is 2.49. The summed E-state index contributed by atoms with van der Waals surface area (Å²) in [4.78, 5) is 0.972. The highest BCUT2D eigenvalue weighted by molar-refractivity contribution is 7.19. The predicted octanol–water partition coefficient (Wildman–Crippen LogP) is 2.23. The van der Waals surface area contributed by atoms with Gasteiger partial charge in [0.1, 0.15) is 9.88 Å². The lowest BCUT2D eigenvalue weighted by molar-refractivity contribution is 0.884. The highest BCUT2D eigenvalue weighted by atomic mass is 35.5. The van der Waals surface area contributed by atoms with Gasteiger partial charge < -0.3 is 0 Å². The van der Waals surface area contributed by atoms with Gasteiger partial charge in [-0.05, 0) is 18.0 Å². The highest BCUT2D eigenvalue weighted by Crippen LogP contribution is 2.25. The molecule has 2 heterocycles. The molecule has 0 amide bonds. The van der Waals surface area contributed by atoms with E-state index in [2.05, 4.69) is 19.8 Å². The zero-order valence-corrected chi connectivity index (χ0v) is 9.57. The van der Waals surface area contributed by atoms with Gasteiger partial charge in [0.05, 0.1) is 6.20 Å². The lowest BCUT2D eigenvalue weighted by Crippen LogP contribution is -1.84. The fourth-order valence-electron chi connectivity index (χ4n) is 0.934. The summed E-state index contributed by atoms with van der Waals surface area (Å²) < 4.78 is 3.78. The van der Waals surface area contributed by atoms with Crippen LogP contribution < -0.4 is 0 Å². The van der Waals surface area contributed by atoms with Gasteiger partial charge in [-0.25, -0.2) is 0 Å². The normalized spacial score (nSPS) is 10.6. The molecule has 0 aliphatic rings. The molecular weight excluding hydrogens is 240 g/mol. The van der Waals surface area contributed by atoms with Gasteiger partial charge in [-0.1, -0.05) is 15.8 Å². The Labute approximate surface area is 94.1 Å². The van der Waals surface area contributed by atoms with Crippen molar-refractivity contribution in [2.45, 2.75) is 12.8 Å². The number of alkyl halides is 1. The summed E-state index contributed by atoms with van der Waals surface area (Å²) in [7, 11) is 0. The molecule has 0 aliphatic carbocycles. The van der Waals surface area contributed by atoms with Crippen molar-refractivity contribution in [2.75, 3.05) is 5.88 Å². The molecule has 0 N–H and O–H groups in total. The molecule has 0 radical (unpaired) electrons. The Morgan fingerprint density at radius 1 is 1.36 bits per heavy atom. The Morgan fingerprint density at radius 3 is 3.00 bits per heavy atom. The van der Waals surface area contributed by atoms with Crippen LogP contribution in [-0.4, -0.2) is 25.7 Å². The molecule has 0 bridgehead atoms. The van der Waals surface area contributed by atoms with Gasteiger partial charge in [-0.15, -0.1) is 26.9 Å². The van der Waals surface area contributed by atoms with Crippen molar-refractivity contribution >= 4 is 34.5 Å². The molecule has 2 aromatic heterocycles. The van der Waals surface area contributed by atoms with Crippen molar-refractivity contribution in [2.24, 2.45) is 0 Å². The van der Waals surface area contributed by atoms with Crippen LogP contribution in [0.5, 0.6) is 0 Å². The molecule has 0 saturated carbocycles. The van der Waals surface area contributed by atoms with Gasteiger partial charge in [0.15, 0.2) is 5.01 Å². The van der Waals surface area contributed by atoms with Crippen LogP contribution in [0.4, 0.5) is 0 Å². The van der Waals surface area contributed by atoms with Crippen LogP contribution in [0, 0.1) is 0 Å². The average Bonchev–Trinajstić information content (AvgIpc) is 2.85. The zero-order chi connectivity index (χ0) is 9.80. The Bertz CT molecular complexity index is 386. The smallest absolute Gasteiger partial charge is 0.146 e. The second-order valence-corrected chi connectivity index (χ2v) is 4.80. The average molecular weight is 247 g/mol. The third-order valence-corrected chi connectivity index (χ3v) is 3.65. The molecule has 0 unspecified atom stereocenters. The molecule has 0 spiro atoms. The van der Waals surface area contributed by atoms with E-state index in [-0.39, 0.29) is 0 Å². The molecule has 7 heteroatoms. The molecule has 0 saturated heterocycles. The first-order chi connectivity index (χ1) is 6.90. The molecule has 14 heavy (non-hydrogen) atoms. The maximum absolute atomic E-state index is 5.60. The first-order valence-electron chi connectivity index (χ1n) is 4.06.